The summed E-state index contributed by atoms with van der Waals surface area (Å²) >= 11 is 0. The average molecular weight is 450 g/mol. The Kier molecular flexibility index (Phi) is 5.82. The highest BCUT2D eigenvalue weighted by Gasteiger charge is 2.63. The number of carbonyl (C=O) groups excluding carboxylic acids is 1. The number of ketones is 1. The van der Waals surface area contributed by atoms with Crippen LogP contribution < -0.4 is 0 Å². The molecule has 1 aromatic rings. The number of hydrogen-bond acceptors (Lipinski definition) is 5. The molecule has 5 heteroatoms. The average Bonchev–Trinajstić information content (AvgIpc) is 3.11. The van der Waals surface area contributed by atoms with Gasteiger partial charge in [0, 0.05) is 32.0 Å². The van der Waals surface area contributed by atoms with Crippen molar-refractivity contribution in [1.82, 2.24) is 0 Å². The van der Waals surface area contributed by atoms with Crippen LogP contribution in [0.1, 0.15) is 68.9 Å². The normalized spacial score (nSPS) is 35.9. The third kappa shape index (κ3) is 3.43. The first-order chi connectivity index (χ1) is 16.0. The van der Waals surface area contributed by atoms with Gasteiger partial charge in [-0.2, -0.15) is 0 Å². The molecule has 5 nitrogen and oxygen atoms in total. The van der Waals surface area contributed by atoms with Crippen LogP contribution >= 0.6 is 0 Å². The molecule has 0 spiro atoms. The first-order valence-corrected chi connectivity index (χ1v) is 12.2. The summed E-state index contributed by atoms with van der Waals surface area (Å²) in [5.74, 6) is 1.64. The Morgan fingerprint density at radius 2 is 1.94 bits per heavy atom. The first-order valence-electron chi connectivity index (χ1n) is 12.2. The van der Waals surface area contributed by atoms with E-state index in [9.17, 15) is 4.79 Å². The van der Waals surface area contributed by atoms with Gasteiger partial charge in [-0.3, -0.25) is 4.79 Å². The Labute approximate surface area is 196 Å². The number of hydrogen-bond donors (Lipinski definition) is 1. The van der Waals surface area contributed by atoms with Crippen LogP contribution in [-0.4, -0.2) is 43.6 Å². The molecule has 0 saturated heterocycles. The second-order valence-corrected chi connectivity index (χ2v) is 10.6. The molecule has 0 heterocycles. The molecule has 0 aliphatic heterocycles. The Bertz CT molecular complexity index is 1020. The number of oxime groups is 1. The summed E-state index contributed by atoms with van der Waals surface area (Å²) in [5, 5.41) is 12.1. The maximum Gasteiger partial charge on any atom is 0.156 e. The van der Waals surface area contributed by atoms with Crippen molar-refractivity contribution in [3.63, 3.8) is 0 Å². The molecule has 1 aromatic carbocycles. The van der Waals surface area contributed by atoms with Crippen molar-refractivity contribution in [3.05, 3.63) is 58.2 Å². The molecular formula is C28H35NO4. The number of methoxy groups -OCH3 is 2. The maximum absolute atomic E-state index is 12.2. The fourth-order valence-electron chi connectivity index (χ4n) is 7.78. The third-order valence-electron chi connectivity index (χ3n) is 9.34. The van der Waals surface area contributed by atoms with Gasteiger partial charge in [-0.15, -0.1) is 0 Å². The lowest BCUT2D eigenvalue weighted by Gasteiger charge is -2.55. The van der Waals surface area contributed by atoms with E-state index in [1.54, 1.807) is 12.7 Å². The molecule has 0 radical (unpaired) electrons. The van der Waals surface area contributed by atoms with Gasteiger partial charge >= 0.3 is 0 Å². The second-order valence-electron chi connectivity index (χ2n) is 10.6. The van der Waals surface area contributed by atoms with E-state index in [-0.39, 0.29) is 22.7 Å². The molecule has 4 aliphatic carbocycles. The predicted molar refractivity (Wildman–Crippen MR) is 128 cm³/mol. The predicted octanol–water partition coefficient (Wildman–Crippen LogP) is 5.43. The van der Waals surface area contributed by atoms with E-state index < -0.39 is 0 Å². The van der Waals surface area contributed by atoms with Gasteiger partial charge in [-0.05, 0) is 78.7 Å². The largest absolute Gasteiger partial charge is 0.411 e. The van der Waals surface area contributed by atoms with Crippen LogP contribution in [0.4, 0.5) is 0 Å². The quantitative estimate of drug-likeness (QED) is 0.370. The SMILES string of the molecule is COC[C@]1(OC)CCC2C3CCC4=CC(=O)CCC4=C3C(c3ccc(C=NO)cc3)C[C@@]21C. The molecule has 176 valence electrons. The molecule has 2 fully saturated rings. The molecule has 0 aromatic heterocycles. The summed E-state index contributed by atoms with van der Waals surface area (Å²) in [7, 11) is 3.64. The standard InChI is InChI=1S/C28H35NO4/c1-27-15-24(19-6-4-18(5-7-19)16-29-31)26-22-11-9-21(30)14-20(22)8-10-23(26)25(27)12-13-28(27,33-3)17-32-2/h4-7,14,16,23-25,31H,8-13,15,17H2,1-3H3/t23?,24?,25?,27-,28+/m0/s1. The van der Waals surface area contributed by atoms with Crippen LogP contribution in [0.5, 0.6) is 0 Å². The van der Waals surface area contributed by atoms with Crippen LogP contribution in [0.25, 0.3) is 0 Å². The van der Waals surface area contributed by atoms with Crippen molar-refractivity contribution in [2.45, 2.75) is 63.4 Å². The zero-order valence-corrected chi connectivity index (χ0v) is 20.0. The number of allylic oxidation sites excluding steroid dienone is 4. The van der Waals surface area contributed by atoms with E-state index in [0.717, 1.165) is 44.1 Å². The smallest absolute Gasteiger partial charge is 0.156 e. The third-order valence-corrected chi connectivity index (χ3v) is 9.34. The lowest BCUT2D eigenvalue weighted by Crippen LogP contribution is -2.54. The van der Waals surface area contributed by atoms with Gasteiger partial charge in [-0.1, -0.05) is 41.9 Å². The fraction of sp³-hybridized carbons (Fsp3) is 0.571. The molecule has 5 atom stereocenters. The van der Waals surface area contributed by atoms with Crippen LogP contribution in [0, 0.1) is 17.3 Å². The zero-order valence-electron chi connectivity index (χ0n) is 20.0. The van der Waals surface area contributed by atoms with Gasteiger partial charge in [0.1, 0.15) is 0 Å². The fourth-order valence-corrected chi connectivity index (χ4v) is 7.78. The molecule has 0 bridgehead atoms. The van der Waals surface area contributed by atoms with E-state index in [0.29, 0.717) is 24.9 Å². The minimum absolute atomic E-state index is 0.00802. The Morgan fingerprint density at radius 3 is 2.64 bits per heavy atom. The number of rotatable bonds is 5. The number of nitrogens with zero attached hydrogens (tertiary/aromatic N) is 1. The van der Waals surface area contributed by atoms with Crippen LogP contribution in [0.15, 0.2) is 52.2 Å². The van der Waals surface area contributed by atoms with Crippen molar-refractivity contribution >= 4 is 12.0 Å². The van der Waals surface area contributed by atoms with Crippen molar-refractivity contribution in [1.29, 1.82) is 0 Å². The zero-order chi connectivity index (χ0) is 23.2. The maximum atomic E-state index is 12.2. The topological polar surface area (TPSA) is 68.1 Å². The van der Waals surface area contributed by atoms with Gasteiger partial charge in [0.2, 0.25) is 0 Å². The minimum Gasteiger partial charge on any atom is -0.411 e. The van der Waals surface area contributed by atoms with Crippen LogP contribution in [0.2, 0.25) is 0 Å². The summed E-state index contributed by atoms with van der Waals surface area (Å²) in [6.45, 7) is 3.05. The molecule has 33 heavy (non-hydrogen) atoms. The van der Waals surface area contributed by atoms with E-state index in [2.05, 4.69) is 24.2 Å². The lowest BCUT2D eigenvalue weighted by atomic mass is 9.51. The number of benzene rings is 1. The van der Waals surface area contributed by atoms with Crippen molar-refractivity contribution in [3.8, 4) is 0 Å². The summed E-state index contributed by atoms with van der Waals surface area (Å²) < 4.78 is 12.0. The van der Waals surface area contributed by atoms with E-state index >= 15 is 0 Å². The molecule has 2 saturated carbocycles. The summed E-state index contributed by atoms with van der Waals surface area (Å²) in [5.41, 5.74) is 6.23. The number of carbonyl (C=O) groups is 1. The lowest BCUT2D eigenvalue weighted by molar-refractivity contribution is -0.149. The monoisotopic (exact) mass is 449 g/mol. The summed E-state index contributed by atoms with van der Waals surface area (Å²) in [6.07, 6.45) is 10.2. The van der Waals surface area contributed by atoms with Gasteiger partial charge in [-0.25, -0.2) is 0 Å². The van der Waals surface area contributed by atoms with Crippen molar-refractivity contribution in [2.75, 3.05) is 20.8 Å². The van der Waals surface area contributed by atoms with Crippen molar-refractivity contribution in [2.24, 2.45) is 22.4 Å². The van der Waals surface area contributed by atoms with Crippen LogP contribution in [0.3, 0.4) is 0 Å². The number of ether oxygens (including phenoxy) is 2. The summed E-state index contributed by atoms with van der Waals surface area (Å²) in [4.78, 5) is 12.2. The molecule has 4 aliphatic rings. The van der Waals surface area contributed by atoms with Gasteiger partial charge in [0.15, 0.2) is 5.78 Å². The minimum atomic E-state index is -0.275. The van der Waals surface area contributed by atoms with E-state index in [1.807, 2.05) is 25.3 Å². The van der Waals surface area contributed by atoms with Crippen LogP contribution in [-0.2, 0) is 14.3 Å². The Hall–Kier alpha value is -2.24. The molecule has 5 rings (SSSR count). The molecule has 0 amide bonds. The molecular weight excluding hydrogens is 414 g/mol. The van der Waals surface area contributed by atoms with E-state index in [1.165, 1.54) is 22.9 Å². The highest BCUT2D eigenvalue weighted by Crippen LogP contribution is 2.67. The number of fused-ring (bicyclic) bond motifs is 4. The Balaban J connectivity index is 1.65. The van der Waals surface area contributed by atoms with E-state index in [4.69, 9.17) is 14.7 Å². The second kappa shape index (κ2) is 8.52. The van der Waals surface area contributed by atoms with Gasteiger partial charge < -0.3 is 14.7 Å². The highest BCUT2D eigenvalue weighted by atomic mass is 16.5. The summed E-state index contributed by atoms with van der Waals surface area (Å²) in [6, 6.07) is 8.42. The van der Waals surface area contributed by atoms with Crippen molar-refractivity contribution < 1.29 is 19.5 Å². The molecule has 1 N–H and O–H groups in total. The van der Waals surface area contributed by atoms with Gasteiger partial charge in [0.25, 0.3) is 0 Å². The Morgan fingerprint density at radius 1 is 1.15 bits per heavy atom. The first kappa shape index (κ1) is 22.5. The highest BCUT2D eigenvalue weighted by molar-refractivity contribution is 5.93. The molecule has 3 unspecified atom stereocenters. The van der Waals surface area contributed by atoms with Gasteiger partial charge in [0.05, 0.1) is 18.4 Å².